The van der Waals surface area contributed by atoms with Crippen LogP contribution < -0.4 is 17.2 Å². The summed E-state index contributed by atoms with van der Waals surface area (Å²) in [5, 5.41) is 8.33. The maximum absolute atomic E-state index is 10.1. The highest BCUT2D eigenvalue weighted by atomic mass is 16.4. The minimum atomic E-state index is -0.933. The van der Waals surface area contributed by atoms with Gasteiger partial charge in [0, 0.05) is 0 Å². The van der Waals surface area contributed by atoms with Crippen molar-refractivity contribution >= 4 is 5.97 Å². The van der Waals surface area contributed by atoms with E-state index in [1.54, 1.807) is 0 Å². The van der Waals surface area contributed by atoms with Gasteiger partial charge in [-0.05, 0) is 32.4 Å². The lowest BCUT2D eigenvalue weighted by Crippen LogP contribution is -2.29. The van der Waals surface area contributed by atoms with E-state index in [0.29, 0.717) is 13.0 Å². The monoisotopic (exact) mass is 415 g/mol. The van der Waals surface area contributed by atoms with Crippen LogP contribution in [0.1, 0.15) is 129 Å². The zero-order valence-corrected chi connectivity index (χ0v) is 19.5. The second-order valence-electron chi connectivity index (χ2n) is 8.32. The summed E-state index contributed by atoms with van der Waals surface area (Å²) in [6.45, 7) is 3.77. The van der Waals surface area contributed by atoms with Crippen molar-refractivity contribution < 1.29 is 9.90 Å². The summed E-state index contributed by atoms with van der Waals surface area (Å²) in [7, 11) is 0. The highest BCUT2D eigenvalue weighted by Crippen LogP contribution is 2.13. The summed E-state index contributed by atoms with van der Waals surface area (Å²) in [5.74, 6) is -0.933. The Bertz CT molecular complexity index is 299. The van der Waals surface area contributed by atoms with Crippen molar-refractivity contribution in [2.75, 3.05) is 13.1 Å². The van der Waals surface area contributed by atoms with Crippen LogP contribution in [-0.2, 0) is 4.79 Å². The minimum Gasteiger partial charge on any atom is -0.480 e. The molecule has 0 rings (SSSR count). The van der Waals surface area contributed by atoms with Crippen LogP contribution in [0, 0.1) is 0 Å². The molecule has 1 atom stereocenters. The molecule has 0 bridgehead atoms. The molecule has 0 unspecified atom stereocenters. The summed E-state index contributed by atoms with van der Waals surface area (Å²) < 4.78 is 0. The fraction of sp³-hybridized carbons (Fsp3) is 0.958. The molecule has 0 aliphatic rings. The van der Waals surface area contributed by atoms with E-state index < -0.39 is 12.0 Å². The Labute approximate surface area is 181 Å². The number of rotatable bonds is 21. The molecule has 7 N–H and O–H groups in total. The first-order valence-corrected chi connectivity index (χ1v) is 12.5. The summed E-state index contributed by atoms with van der Waals surface area (Å²) in [6.07, 6.45) is 25.0. The highest BCUT2D eigenvalue weighted by Gasteiger charge is 2.09. The van der Waals surface area contributed by atoms with Gasteiger partial charge in [-0.2, -0.15) is 0 Å². The number of nitrogens with two attached hydrogens (primary N) is 3. The Hall–Kier alpha value is -0.650. The van der Waals surface area contributed by atoms with Gasteiger partial charge in [0.1, 0.15) is 6.04 Å². The van der Waals surface area contributed by atoms with Gasteiger partial charge in [-0.3, -0.25) is 4.79 Å². The minimum absolute atomic E-state index is 0.520. The predicted octanol–water partition coefficient (Wildman–Crippen LogP) is 5.73. The van der Waals surface area contributed by atoms with Gasteiger partial charge in [0.15, 0.2) is 0 Å². The van der Waals surface area contributed by atoms with E-state index in [1.807, 2.05) is 0 Å². The SMILES string of the molecule is CCCCCCCCCCCCCCCCCCN.NCCCC[C@H](N)C(=O)O. The Balaban J connectivity index is 0. The van der Waals surface area contributed by atoms with Gasteiger partial charge in [0.2, 0.25) is 0 Å². The molecule has 0 spiro atoms. The summed E-state index contributed by atoms with van der Waals surface area (Å²) in [5.41, 5.74) is 15.9. The molecule has 0 aromatic rings. The van der Waals surface area contributed by atoms with Crippen molar-refractivity contribution in [3.05, 3.63) is 0 Å². The topological polar surface area (TPSA) is 115 Å². The molecule has 0 fully saturated rings. The Morgan fingerprint density at radius 1 is 0.621 bits per heavy atom. The normalized spacial score (nSPS) is 11.7. The lowest BCUT2D eigenvalue weighted by atomic mass is 10.0. The third kappa shape index (κ3) is 29.6. The number of hydrogen-bond donors (Lipinski definition) is 4. The van der Waals surface area contributed by atoms with Crippen LogP contribution in [0.5, 0.6) is 0 Å². The summed E-state index contributed by atoms with van der Waals surface area (Å²) in [6, 6.07) is -0.716. The van der Waals surface area contributed by atoms with Gasteiger partial charge in [-0.25, -0.2) is 0 Å². The third-order valence-corrected chi connectivity index (χ3v) is 5.34. The second-order valence-corrected chi connectivity index (χ2v) is 8.32. The molecule has 0 saturated carbocycles. The lowest BCUT2D eigenvalue weighted by molar-refractivity contribution is -0.138. The van der Waals surface area contributed by atoms with Crippen molar-refractivity contribution in [3.8, 4) is 0 Å². The standard InChI is InChI=1S/C18H39N.C6H14N2O2/c1-2-3-4-5-6-7-8-9-10-11-12-13-14-15-16-17-18-19;7-4-2-1-3-5(8)6(9)10/h2-19H2,1H3;5H,1-4,7-8H2,(H,9,10)/t;5-/m.0/s1. The number of carboxylic acids is 1. The van der Waals surface area contributed by atoms with Gasteiger partial charge in [0.05, 0.1) is 0 Å². The summed E-state index contributed by atoms with van der Waals surface area (Å²) in [4.78, 5) is 10.1. The first kappa shape index (κ1) is 30.5. The molecule has 0 aliphatic carbocycles. The molecular weight excluding hydrogens is 362 g/mol. The molecule has 0 aromatic carbocycles. The Morgan fingerprint density at radius 3 is 1.24 bits per heavy atom. The number of hydrogen-bond acceptors (Lipinski definition) is 4. The van der Waals surface area contributed by atoms with E-state index in [1.165, 1.54) is 103 Å². The molecule has 0 aromatic heterocycles. The van der Waals surface area contributed by atoms with E-state index in [0.717, 1.165) is 19.4 Å². The van der Waals surface area contributed by atoms with Gasteiger partial charge < -0.3 is 22.3 Å². The lowest BCUT2D eigenvalue weighted by Gasteiger charge is -2.03. The van der Waals surface area contributed by atoms with E-state index in [4.69, 9.17) is 22.3 Å². The second kappa shape index (κ2) is 27.4. The van der Waals surface area contributed by atoms with Gasteiger partial charge in [-0.1, -0.05) is 110 Å². The fourth-order valence-electron chi connectivity index (χ4n) is 3.32. The first-order chi connectivity index (χ1) is 14.1. The molecule has 5 nitrogen and oxygen atoms in total. The predicted molar refractivity (Wildman–Crippen MR) is 127 cm³/mol. The van der Waals surface area contributed by atoms with E-state index in [-0.39, 0.29) is 0 Å². The van der Waals surface area contributed by atoms with Crippen LogP contribution >= 0.6 is 0 Å². The van der Waals surface area contributed by atoms with Gasteiger partial charge >= 0.3 is 5.97 Å². The van der Waals surface area contributed by atoms with E-state index >= 15 is 0 Å². The van der Waals surface area contributed by atoms with Crippen LogP contribution in [0.25, 0.3) is 0 Å². The number of aliphatic carboxylic acids is 1. The number of unbranched alkanes of at least 4 members (excludes halogenated alkanes) is 16. The summed E-state index contributed by atoms with van der Waals surface area (Å²) >= 11 is 0. The van der Waals surface area contributed by atoms with Crippen molar-refractivity contribution in [1.29, 1.82) is 0 Å². The average Bonchev–Trinajstić information content (AvgIpc) is 2.71. The molecule has 0 aliphatic heterocycles. The van der Waals surface area contributed by atoms with Crippen LogP contribution in [0.2, 0.25) is 0 Å². The van der Waals surface area contributed by atoms with Crippen LogP contribution in [0.3, 0.4) is 0 Å². The molecule has 29 heavy (non-hydrogen) atoms. The van der Waals surface area contributed by atoms with Crippen LogP contribution in [-0.4, -0.2) is 30.2 Å². The zero-order chi connectivity index (χ0) is 22.0. The fourth-order valence-corrected chi connectivity index (χ4v) is 3.32. The molecule has 0 saturated heterocycles. The maximum Gasteiger partial charge on any atom is 0.320 e. The number of carbonyl (C=O) groups is 1. The van der Waals surface area contributed by atoms with Crippen LogP contribution in [0.4, 0.5) is 0 Å². The molecule has 5 heteroatoms. The average molecular weight is 416 g/mol. The molecule has 0 radical (unpaired) electrons. The number of carboxylic acid groups (broad SMARTS) is 1. The van der Waals surface area contributed by atoms with Crippen LogP contribution in [0.15, 0.2) is 0 Å². The van der Waals surface area contributed by atoms with Gasteiger partial charge in [0.25, 0.3) is 0 Å². The van der Waals surface area contributed by atoms with E-state index in [9.17, 15) is 4.79 Å². The molecule has 0 amide bonds. The van der Waals surface area contributed by atoms with Crippen molar-refractivity contribution in [2.24, 2.45) is 17.2 Å². The molecule has 0 heterocycles. The van der Waals surface area contributed by atoms with Gasteiger partial charge in [-0.15, -0.1) is 0 Å². The molecule has 176 valence electrons. The van der Waals surface area contributed by atoms with Crippen molar-refractivity contribution in [3.63, 3.8) is 0 Å². The first-order valence-electron chi connectivity index (χ1n) is 12.5. The Kier molecular flexibility index (Phi) is 28.8. The largest absolute Gasteiger partial charge is 0.480 e. The van der Waals surface area contributed by atoms with Crippen molar-refractivity contribution in [2.45, 2.75) is 135 Å². The molecular formula is C24H53N3O2. The van der Waals surface area contributed by atoms with Crippen molar-refractivity contribution in [1.82, 2.24) is 0 Å². The Morgan fingerprint density at radius 2 is 0.931 bits per heavy atom. The third-order valence-electron chi connectivity index (χ3n) is 5.34. The highest BCUT2D eigenvalue weighted by molar-refractivity contribution is 5.72. The maximum atomic E-state index is 10.1. The smallest absolute Gasteiger partial charge is 0.320 e. The van der Waals surface area contributed by atoms with E-state index in [2.05, 4.69) is 6.92 Å². The zero-order valence-electron chi connectivity index (χ0n) is 19.5. The quantitative estimate of drug-likeness (QED) is 0.179.